The Bertz CT molecular complexity index is 923. The molecule has 0 radical (unpaired) electrons. The number of nitro groups is 2. The summed E-state index contributed by atoms with van der Waals surface area (Å²) in [6.07, 6.45) is 4.45. The van der Waals surface area contributed by atoms with Crippen molar-refractivity contribution >= 4 is 11.4 Å². The van der Waals surface area contributed by atoms with Crippen molar-refractivity contribution in [3.05, 3.63) is 98.4 Å². The van der Waals surface area contributed by atoms with Crippen LogP contribution in [0.1, 0.15) is 17.1 Å². The van der Waals surface area contributed by atoms with E-state index in [0.29, 0.717) is 31.0 Å². The van der Waals surface area contributed by atoms with E-state index in [1.807, 2.05) is 17.0 Å². The third-order valence-electron chi connectivity index (χ3n) is 3.90. The van der Waals surface area contributed by atoms with Crippen LogP contribution in [0.5, 0.6) is 0 Å². The van der Waals surface area contributed by atoms with E-state index in [1.54, 1.807) is 12.3 Å². The van der Waals surface area contributed by atoms with E-state index >= 15 is 0 Å². The zero-order chi connectivity index (χ0) is 19.9. The lowest BCUT2D eigenvalue weighted by Gasteiger charge is -2.21. The maximum Gasteiger partial charge on any atom is 0.272 e. The second-order valence-electron chi connectivity index (χ2n) is 5.99. The monoisotopic (exact) mass is 380 g/mol. The summed E-state index contributed by atoms with van der Waals surface area (Å²) in [6, 6.07) is 11.0. The number of nitrogens with zero attached hydrogens (tertiary/aromatic N) is 6. The number of hydrogen-bond acceptors (Lipinski definition) is 8. The van der Waals surface area contributed by atoms with Gasteiger partial charge in [0.25, 0.3) is 11.4 Å². The second kappa shape index (κ2) is 8.73. The maximum absolute atomic E-state index is 11.0. The fourth-order valence-electron chi connectivity index (χ4n) is 2.68. The van der Waals surface area contributed by atoms with Crippen molar-refractivity contribution in [2.24, 2.45) is 0 Å². The van der Waals surface area contributed by atoms with E-state index in [2.05, 4.69) is 15.0 Å². The molecule has 142 valence electrons. The van der Waals surface area contributed by atoms with Crippen LogP contribution >= 0.6 is 0 Å². The minimum absolute atomic E-state index is 0.0451. The van der Waals surface area contributed by atoms with E-state index < -0.39 is 9.85 Å². The Morgan fingerprint density at radius 3 is 1.68 bits per heavy atom. The van der Waals surface area contributed by atoms with Gasteiger partial charge in [-0.2, -0.15) is 0 Å². The quantitative estimate of drug-likeness (QED) is 0.431. The topological polar surface area (TPSA) is 128 Å². The Morgan fingerprint density at radius 1 is 0.714 bits per heavy atom. The van der Waals surface area contributed by atoms with Crippen molar-refractivity contribution in [2.75, 3.05) is 0 Å². The number of rotatable bonds is 8. The predicted octanol–water partition coefficient (Wildman–Crippen LogP) is 2.89. The van der Waals surface area contributed by atoms with Gasteiger partial charge < -0.3 is 0 Å². The van der Waals surface area contributed by atoms with Crippen LogP contribution in [0.4, 0.5) is 11.4 Å². The molecule has 3 aromatic heterocycles. The molecule has 0 amide bonds. The molecule has 10 nitrogen and oxygen atoms in total. The van der Waals surface area contributed by atoms with Gasteiger partial charge >= 0.3 is 0 Å². The molecule has 0 atom stereocenters. The largest absolute Gasteiger partial charge is 0.286 e. The Labute approximate surface area is 159 Å². The molecule has 0 aliphatic heterocycles. The summed E-state index contributed by atoms with van der Waals surface area (Å²) in [5.74, 6) is 0. The molecule has 0 saturated carbocycles. The molecule has 0 saturated heterocycles. The lowest BCUT2D eigenvalue weighted by molar-refractivity contribution is -0.385. The summed E-state index contributed by atoms with van der Waals surface area (Å²) in [7, 11) is 0. The summed E-state index contributed by atoms with van der Waals surface area (Å²) in [5, 5.41) is 22.0. The second-order valence-corrected chi connectivity index (χ2v) is 5.99. The molecule has 0 bridgehead atoms. The van der Waals surface area contributed by atoms with Crippen molar-refractivity contribution in [2.45, 2.75) is 19.6 Å². The molecule has 3 heterocycles. The Hall–Kier alpha value is -3.79. The molecule has 0 unspecified atom stereocenters. The first-order valence-corrected chi connectivity index (χ1v) is 8.32. The minimum Gasteiger partial charge on any atom is -0.286 e. The molecule has 3 aromatic rings. The summed E-state index contributed by atoms with van der Waals surface area (Å²) in [4.78, 5) is 35.7. The third-order valence-corrected chi connectivity index (χ3v) is 3.90. The van der Waals surface area contributed by atoms with Crippen molar-refractivity contribution in [1.82, 2.24) is 19.9 Å². The average molecular weight is 380 g/mol. The van der Waals surface area contributed by atoms with Crippen molar-refractivity contribution in [1.29, 1.82) is 0 Å². The van der Waals surface area contributed by atoms with Crippen LogP contribution in [-0.2, 0) is 19.6 Å². The van der Waals surface area contributed by atoms with Crippen LogP contribution in [0.25, 0.3) is 0 Å². The molecule has 0 spiro atoms. The molecule has 28 heavy (non-hydrogen) atoms. The van der Waals surface area contributed by atoms with Crippen LogP contribution in [0.3, 0.4) is 0 Å². The Morgan fingerprint density at radius 2 is 1.21 bits per heavy atom. The fourth-order valence-corrected chi connectivity index (χ4v) is 2.68. The average Bonchev–Trinajstić information content (AvgIpc) is 2.69. The van der Waals surface area contributed by atoms with Gasteiger partial charge in [0.15, 0.2) is 0 Å². The maximum atomic E-state index is 11.0. The molecule has 0 aliphatic carbocycles. The van der Waals surface area contributed by atoms with Gasteiger partial charge in [0, 0.05) is 62.5 Å². The van der Waals surface area contributed by atoms with Gasteiger partial charge in [-0.1, -0.05) is 6.07 Å². The highest BCUT2D eigenvalue weighted by Gasteiger charge is 2.15. The van der Waals surface area contributed by atoms with Gasteiger partial charge in [-0.3, -0.25) is 40.1 Å². The first kappa shape index (κ1) is 19.0. The normalized spacial score (nSPS) is 10.8. The van der Waals surface area contributed by atoms with E-state index in [4.69, 9.17) is 0 Å². The van der Waals surface area contributed by atoms with Crippen molar-refractivity contribution < 1.29 is 9.85 Å². The van der Waals surface area contributed by atoms with E-state index in [-0.39, 0.29) is 11.4 Å². The molecule has 0 N–H and O–H groups in total. The van der Waals surface area contributed by atoms with Gasteiger partial charge in [-0.25, -0.2) is 0 Å². The molecule has 10 heteroatoms. The summed E-state index contributed by atoms with van der Waals surface area (Å²) >= 11 is 0. The highest BCUT2D eigenvalue weighted by molar-refractivity contribution is 5.31. The van der Waals surface area contributed by atoms with Gasteiger partial charge in [0.2, 0.25) is 0 Å². The van der Waals surface area contributed by atoms with Crippen LogP contribution in [0.2, 0.25) is 0 Å². The highest BCUT2D eigenvalue weighted by Crippen LogP contribution is 2.17. The van der Waals surface area contributed by atoms with E-state index in [9.17, 15) is 20.2 Å². The number of aromatic nitrogens is 3. The zero-order valence-corrected chi connectivity index (χ0v) is 14.7. The van der Waals surface area contributed by atoms with Crippen molar-refractivity contribution in [3.8, 4) is 0 Å². The van der Waals surface area contributed by atoms with Crippen molar-refractivity contribution in [3.63, 3.8) is 0 Å². The third kappa shape index (κ3) is 5.11. The number of pyridine rings is 3. The van der Waals surface area contributed by atoms with Crippen LogP contribution in [0.15, 0.2) is 61.1 Å². The standard InChI is InChI=1S/C18H16N6O4/c25-23(26)17-4-7-20-15(9-17)12-22(11-14-3-1-2-6-19-14)13-16-10-18(24(27)28)5-8-21-16/h1-10H,11-13H2. The van der Waals surface area contributed by atoms with Crippen LogP contribution < -0.4 is 0 Å². The predicted molar refractivity (Wildman–Crippen MR) is 99.0 cm³/mol. The fraction of sp³-hybridized carbons (Fsp3) is 0.167. The zero-order valence-electron chi connectivity index (χ0n) is 14.7. The van der Waals surface area contributed by atoms with E-state index in [0.717, 1.165) is 5.69 Å². The molecule has 0 aromatic carbocycles. The molecule has 0 fully saturated rings. The summed E-state index contributed by atoms with van der Waals surface area (Å²) in [6.45, 7) is 1.01. The highest BCUT2D eigenvalue weighted by atomic mass is 16.6. The minimum atomic E-state index is -0.476. The van der Waals surface area contributed by atoms with Gasteiger partial charge in [-0.05, 0) is 12.1 Å². The first-order valence-electron chi connectivity index (χ1n) is 8.32. The number of hydrogen-bond donors (Lipinski definition) is 0. The lowest BCUT2D eigenvalue weighted by atomic mass is 10.2. The Balaban J connectivity index is 1.84. The Kier molecular flexibility index (Phi) is 5.92. The van der Waals surface area contributed by atoms with Gasteiger partial charge in [-0.15, -0.1) is 0 Å². The SMILES string of the molecule is O=[N+]([O-])c1ccnc(CN(Cc2ccccn2)Cc2cc([N+](=O)[O-])ccn2)c1. The lowest BCUT2D eigenvalue weighted by Crippen LogP contribution is -2.24. The molecular weight excluding hydrogens is 364 g/mol. The summed E-state index contributed by atoms with van der Waals surface area (Å²) in [5.41, 5.74) is 1.72. The van der Waals surface area contributed by atoms with Gasteiger partial charge in [0.1, 0.15) is 0 Å². The van der Waals surface area contributed by atoms with Crippen LogP contribution in [0, 0.1) is 20.2 Å². The summed E-state index contributed by atoms with van der Waals surface area (Å²) < 4.78 is 0. The van der Waals surface area contributed by atoms with Gasteiger partial charge in [0.05, 0.1) is 26.9 Å². The molecular formula is C18H16N6O4. The smallest absolute Gasteiger partial charge is 0.272 e. The van der Waals surface area contributed by atoms with Crippen LogP contribution in [-0.4, -0.2) is 29.7 Å². The molecule has 0 aliphatic rings. The molecule has 3 rings (SSSR count). The van der Waals surface area contributed by atoms with E-state index in [1.165, 1.54) is 36.7 Å². The first-order chi connectivity index (χ1) is 13.5.